The molecule has 9 nitrogen and oxygen atoms in total. The minimum Gasteiger partial charge on any atom is -0.462 e. The molecule has 0 unspecified atom stereocenters. The Bertz CT molecular complexity index is 1110. The molecule has 10 heteroatoms. The number of unbranched alkanes of at least 4 members (excludes halogenated alkanes) is 10. The lowest BCUT2D eigenvalue weighted by Crippen LogP contribution is -2.29. The highest BCUT2D eigenvalue weighted by molar-refractivity contribution is 7.46. The fourth-order valence-corrected chi connectivity index (χ4v) is 4.94. The molecular formula is C41H67O9P. The van der Waals surface area contributed by atoms with Crippen LogP contribution in [0.3, 0.4) is 0 Å². The van der Waals surface area contributed by atoms with Crippen LogP contribution in [-0.2, 0) is 28.2 Å². The molecule has 51 heavy (non-hydrogen) atoms. The van der Waals surface area contributed by atoms with E-state index in [0.717, 1.165) is 57.8 Å². The molecule has 0 aromatic carbocycles. The van der Waals surface area contributed by atoms with Crippen molar-refractivity contribution in [1.82, 2.24) is 0 Å². The molecule has 0 aromatic heterocycles. The number of rotatable bonds is 33. The number of aliphatic hydroxyl groups is 1. The van der Waals surface area contributed by atoms with Gasteiger partial charge in [-0.1, -0.05) is 137 Å². The van der Waals surface area contributed by atoms with E-state index < -0.39 is 32.5 Å². The van der Waals surface area contributed by atoms with Gasteiger partial charge in [0.25, 0.3) is 0 Å². The van der Waals surface area contributed by atoms with Crippen LogP contribution < -0.4 is 0 Å². The molecule has 0 saturated heterocycles. The molecular weight excluding hydrogens is 667 g/mol. The molecule has 3 N–H and O–H groups in total. The van der Waals surface area contributed by atoms with E-state index in [0.29, 0.717) is 25.7 Å². The quantitative estimate of drug-likeness (QED) is 0.0198. The third kappa shape index (κ3) is 38.3. The van der Waals surface area contributed by atoms with Crippen molar-refractivity contribution >= 4 is 19.8 Å². The first-order valence-electron chi connectivity index (χ1n) is 19.0. The summed E-state index contributed by atoms with van der Waals surface area (Å²) in [4.78, 5) is 42.7. The molecule has 0 fully saturated rings. The Morgan fingerprint density at radius 2 is 1.14 bits per heavy atom. The van der Waals surface area contributed by atoms with Crippen LogP contribution in [0.5, 0.6) is 0 Å². The maximum atomic E-state index is 12.3. The Balaban J connectivity index is 4.15. The molecule has 0 heterocycles. The zero-order valence-electron chi connectivity index (χ0n) is 31.3. The maximum Gasteiger partial charge on any atom is 0.469 e. The molecule has 2 atom stereocenters. The fraction of sp³-hybridized carbons (Fsp3) is 0.610. The van der Waals surface area contributed by atoms with Gasteiger partial charge in [0, 0.05) is 12.8 Å². The molecule has 0 aliphatic rings. The van der Waals surface area contributed by atoms with Gasteiger partial charge in [0.1, 0.15) is 6.61 Å². The van der Waals surface area contributed by atoms with Gasteiger partial charge in [-0.3, -0.25) is 14.1 Å². The zero-order valence-corrected chi connectivity index (χ0v) is 32.2. The van der Waals surface area contributed by atoms with E-state index in [2.05, 4.69) is 60.1 Å². The molecule has 0 amide bonds. The van der Waals surface area contributed by atoms with Gasteiger partial charge < -0.3 is 24.4 Å². The van der Waals surface area contributed by atoms with E-state index in [9.17, 15) is 19.3 Å². The van der Waals surface area contributed by atoms with Gasteiger partial charge in [0.15, 0.2) is 6.10 Å². The van der Waals surface area contributed by atoms with Crippen LogP contribution in [0.1, 0.15) is 136 Å². The van der Waals surface area contributed by atoms with E-state index in [-0.39, 0.29) is 25.6 Å². The molecule has 290 valence electrons. The third-order valence-corrected chi connectivity index (χ3v) is 8.07. The number of carbonyl (C=O) groups excluding carboxylic acids is 2. The Kier molecular flexibility index (Phi) is 33.6. The minimum atomic E-state index is -4.78. The third-order valence-electron chi connectivity index (χ3n) is 7.58. The predicted octanol–water partition coefficient (Wildman–Crippen LogP) is 10.3. The highest BCUT2D eigenvalue weighted by atomic mass is 31.2. The van der Waals surface area contributed by atoms with Gasteiger partial charge in [-0.25, -0.2) is 4.57 Å². The number of phosphoric ester groups is 1. The second-order valence-electron chi connectivity index (χ2n) is 12.4. The van der Waals surface area contributed by atoms with Crippen LogP contribution in [0, 0.1) is 0 Å². The Hall–Kier alpha value is -2.81. The van der Waals surface area contributed by atoms with E-state index in [4.69, 9.17) is 19.3 Å². The Morgan fingerprint density at radius 1 is 0.608 bits per heavy atom. The molecule has 0 bridgehead atoms. The lowest BCUT2D eigenvalue weighted by atomic mass is 10.1. The first-order chi connectivity index (χ1) is 24.7. The number of carbonyl (C=O) groups is 2. The van der Waals surface area contributed by atoms with Crippen molar-refractivity contribution < 1.29 is 43.0 Å². The maximum absolute atomic E-state index is 12.3. The van der Waals surface area contributed by atoms with Gasteiger partial charge in [0.2, 0.25) is 0 Å². The largest absolute Gasteiger partial charge is 0.469 e. The molecule has 0 radical (unpaired) electrons. The van der Waals surface area contributed by atoms with Gasteiger partial charge in [-0.15, -0.1) is 0 Å². The van der Waals surface area contributed by atoms with Crippen molar-refractivity contribution in [3.63, 3.8) is 0 Å². The molecule has 0 spiro atoms. The van der Waals surface area contributed by atoms with Crippen molar-refractivity contribution in [2.24, 2.45) is 0 Å². The van der Waals surface area contributed by atoms with Crippen LogP contribution in [0.25, 0.3) is 0 Å². The highest BCUT2D eigenvalue weighted by Gasteiger charge is 2.22. The topological polar surface area (TPSA) is 140 Å². The summed E-state index contributed by atoms with van der Waals surface area (Å²) in [5, 5.41) is 9.44. The standard InChI is InChI=1S/C41H67O9P/c1-3-5-6-7-8-9-10-11-12-16-19-22-25-28-31-34-40(43)48-36-39(37-49-51(45,46)47)50-41(44)35-32-29-26-23-20-17-14-13-15-18-21-24-27-30-33-38(42)4-2/h9-12,14-15,17-18,23-24,26-27,30,33,38-39,42H,3-8,13,16,19-22,25,28-29,31-32,34-37H2,1-2H3,(H2,45,46,47)/b10-9-,12-11-,17-14-,18-15-,26-23-,27-24-,33-30+/t38-,39-/m1/s1. The first-order valence-corrected chi connectivity index (χ1v) is 20.5. The van der Waals surface area contributed by atoms with Crippen LogP contribution in [0.4, 0.5) is 0 Å². The predicted molar refractivity (Wildman–Crippen MR) is 208 cm³/mol. The summed E-state index contributed by atoms with van der Waals surface area (Å²) >= 11 is 0. The van der Waals surface area contributed by atoms with E-state index >= 15 is 0 Å². The molecule has 0 aliphatic carbocycles. The van der Waals surface area contributed by atoms with E-state index in [1.807, 2.05) is 37.3 Å². The molecule has 0 aromatic rings. The summed E-state index contributed by atoms with van der Waals surface area (Å²) in [6.07, 6.45) is 44.0. The number of phosphoric acid groups is 1. The molecule has 0 rings (SSSR count). The lowest BCUT2D eigenvalue weighted by molar-refractivity contribution is -0.161. The highest BCUT2D eigenvalue weighted by Crippen LogP contribution is 2.35. The number of hydrogen-bond acceptors (Lipinski definition) is 7. The lowest BCUT2D eigenvalue weighted by Gasteiger charge is -2.18. The van der Waals surface area contributed by atoms with Crippen LogP contribution in [0.2, 0.25) is 0 Å². The average Bonchev–Trinajstić information content (AvgIpc) is 3.10. The molecule has 0 aliphatic heterocycles. The summed E-state index contributed by atoms with van der Waals surface area (Å²) < 4.78 is 26.2. The van der Waals surface area contributed by atoms with Gasteiger partial charge in [-0.2, -0.15) is 0 Å². The SMILES string of the molecule is CCCCCC/C=C\C=C/CCCCCCCC(=O)OC[C@H](COP(=O)(O)O)OC(=O)CCC/C=C\C/C=C\C/C=C\C/C=C\C=C\[C@H](O)CC. The van der Waals surface area contributed by atoms with Crippen molar-refractivity contribution in [1.29, 1.82) is 0 Å². The van der Waals surface area contributed by atoms with E-state index in [1.165, 1.54) is 25.7 Å². The fourth-order valence-electron chi connectivity index (χ4n) is 4.58. The van der Waals surface area contributed by atoms with Crippen molar-refractivity contribution in [2.45, 2.75) is 148 Å². The number of ether oxygens (including phenoxy) is 2. The van der Waals surface area contributed by atoms with Gasteiger partial charge in [-0.05, 0) is 70.6 Å². The first kappa shape index (κ1) is 48.2. The summed E-state index contributed by atoms with van der Waals surface area (Å²) in [5.74, 6) is -1.000. The van der Waals surface area contributed by atoms with Crippen molar-refractivity contribution in [3.05, 3.63) is 85.1 Å². The summed E-state index contributed by atoms with van der Waals surface area (Å²) in [7, 11) is -4.78. The average molecular weight is 735 g/mol. The monoisotopic (exact) mass is 734 g/mol. The smallest absolute Gasteiger partial charge is 0.462 e. The normalized spacial score (nSPS) is 14.1. The van der Waals surface area contributed by atoms with E-state index in [1.54, 1.807) is 6.08 Å². The van der Waals surface area contributed by atoms with Crippen LogP contribution in [0.15, 0.2) is 85.1 Å². The molecule has 0 saturated carbocycles. The number of hydrogen-bond donors (Lipinski definition) is 3. The number of allylic oxidation sites excluding steroid dienone is 13. The minimum absolute atomic E-state index is 0.111. The second kappa shape index (κ2) is 35.6. The van der Waals surface area contributed by atoms with Gasteiger partial charge >= 0.3 is 19.8 Å². The van der Waals surface area contributed by atoms with Gasteiger partial charge in [0.05, 0.1) is 12.7 Å². The zero-order chi connectivity index (χ0) is 37.7. The second-order valence-corrected chi connectivity index (χ2v) is 13.6. The Morgan fingerprint density at radius 3 is 1.76 bits per heavy atom. The number of aliphatic hydroxyl groups excluding tert-OH is 1. The number of esters is 2. The summed E-state index contributed by atoms with van der Waals surface area (Å²) in [5.41, 5.74) is 0. The van der Waals surface area contributed by atoms with Crippen LogP contribution in [-0.4, -0.2) is 52.3 Å². The summed E-state index contributed by atoms with van der Waals surface area (Å²) in [6.45, 7) is 3.25. The van der Waals surface area contributed by atoms with Crippen molar-refractivity contribution in [3.8, 4) is 0 Å². The summed E-state index contributed by atoms with van der Waals surface area (Å²) in [6, 6.07) is 0. The van der Waals surface area contributed by atoms with Crippen LogP contribution >= 0.6 is 7.82 Å². The Labute approximate surface area is 308 Å². The van der Waals surface area contributed by atoms with Crippen molar-refractivity contribution in [2.75, 3.05) is 13.2 Å².